The van der Waals surface area contributed by atoms with E-state index in [4.69, 9.17) is 0 Å². The average molecular weight is 286 g/mol. The molecule has 1 saturated heterocycles. The van der Waals surface area contributed by atoms with Crippen LogP contribution in [0.5, 0.6) is 0 Å². The number of nitrogens with one attached hydrogen (secondary N) is 1. The van der Waals surface area contributed by atoms with Crippen LogP contribution in [-0.2, 0) is 4.79 Å². The van der Waals surface area contributed by atoms with Crippen molar-refractivity contribution in [1.82, 2.24) is 10.2 Å². The average Bonchev–Trinajstić information content (AvgIpc) is 3.17. The number of amides is 1. The Labute approximate surface area is 127 Å². The number of carbonyl (C=O) groups is 1. The summed E-state index contributed by atoms with van der Waals surface area (Å²) in [5.41, 5.74) is 1.10. The van der Waals surface area contributed by atoms with Gasteiger partial charge in [0.25, 0.3) is 0 Å². The lowest BCUT2D eigenvalue weighted by molar-refractivity contribution is -0.131. The molecule has 3 rings (SSSR count). The summed E-state index contributed by atoms with van der Waals surface area (Å²) in [5.74, 6) is 1.01. The Hall–Kier alpha value is -1.35. The lowest BCUT2D eigenvalue weighted by atomic mass is 10.1. The minimum Gasteiger partial charge on any atom is -0.322 e. The van der Waals surface area contributed by atoms with Gasteiger partial charge in [-0.15, -0.1) is 0 Å². The summed E-state index contributed by atoms with van der Waals surface area (Å²) in [6, 6.07) is 10.5. The molecule has 0 spiro atoms. The molecule has 0 aromatic heterocycles. The van der Waals surface area contributed by atoms with E-state index in [-0.39, 0.29) is 18.1 Å². The number of nitrogens with zero attached hydrogens (tertiary/aromatic N) is 1. The first-order valence-electron chi connectivity index (χ1n) is 8.39. The first-order chi connectivity index (χ1) is 10.3. The van der Waals surface area contributed by atoms with Crippen LogP contribution in [0.2, 0.25) is 0 Å². The predicted octanol–water partition coefficient (Wildman–Crippen LogP) is 3.47. The fourth-order valence-electron chi connectivity index (χ4n) is 3.67. The van der Waals surface area contributed by atoms with Gasteiger partial charge < -0.3 is 4.90 Å². The third-order valence-electron chi connectivity index (χ3n) is 4.79. The minimum atomic E-state index is -0.148. The van der Waals surface area contributed by atoms with Crippen LogP contribution in [0.1, 0.15) is 57.6 Å². The molecule has 21 heavy (non-hydrogen) atoms. The molecule has 0 radical (unpaired) electrons. The second kappa shape index (κ2) is 6.18. The normalized spacial score (nSPS) is 31.7. The van der Waals surface area contributed by atoms with Crippen molar-refractivity contribution in [2.75, 3.05) is 0 Å². The Bertz CT molecular complexity index is 487. The quantitative estimate of drug-likeness (QED) is 0.868. The van der Waals surface area contributed by atoms with Crippen LogP contribution >= 0.6 is 0 Å². The Kier molecular flexibility index (Phi) is 4.29. The minimum absolute atomic E-state index is 0.148. The molecular weight excluding hydrogens is 260 g/mol. The van der Waals surface area contributed by atoms with Gasteiger partial charge in [-0.25, -0.2) is 0 Å². The molecule has 1 aromatic carbocycles. The molecule has 4 atom stereocenters. The molecule has 1 aliphatic carbocycles. The van der Waals surface area contributed by atoms with E-state index >= 15 is 0 Å². The Morgan fingerprint density at radius 3 is 2.52 bits per heavy atom. The molecule has 3 nitrogen and oxygen atoms in total. The molecule has 1 aliphatic heterocycles. The molecule has 114 valence electrons. The lowest BCUT2D eigenvalue weighted by Gasteiger charge is -2.24. The molecular formula is C18H26N2O. The number of hydrogen-bond acceptors (Lipinski definition) is 2. The zero-order valence-corrected chi connectivity index (χ0v) is 13.1. The molecule has 1 heterocycles. The second-order valence-electron chi connectivity index (χ2n) is 6.41. The van der Waals surface area contributed by atoms with Crippen molar-refractivity contribution in [3.63, 3.8) is 0 Å². The number of hydrogen-bond donors (Lipinski definition) is 1. The zero-order chi connectivity index (χ0) is 14.8. The largest absolute Gasteiger partial charge is 0.322 e. The standard InChI is InChI=1S/C18H26N2O/c1-3-8-14-12-15(14)20-16(9-4-2)19-17(18(20)21)13-10-6-5-7-11-13/h5-7,10-11,14-17,19H,3-4,8-9,12H2,1-2H3. The molecule has 0 bridgehead atoms. The molecule has 1 aromatic rings. The van der Waals surface area contributed by atoms with Gasteiger partial charge in [-0.05, 0) is 30.7 Å². The first-order valence-corrected chi connectivity index (χ1v) is 8.39. The van der Waals surface area contributed by atoms with Crippen LogP contribution in [0.15, 0.2) is 30.3 Å². The summed E-state index contributed by atoms with van der Waals surface area (Å²) >= 11 is 0. The SMILES string of the molecule is CCCC1CC1N1C(=O)C(c2ccccc2)NC1CCC. The van der Waals surface area contributed by atoms with E-state index in [1.165, 1.54) is 19.3 Å². The highest BCUT2D eigenvalue weighted by molar-refractivity contribution is 5.86. The molecule has 4 unspecified atom stereocenters. The van der Waals surface area contributed by atoms with Gasteiger partial charge in [0.05, 0.1) is 6.17 Å². The van der Waals surface area contributed by atoms with E-state index in [9.17, 15) is 4.79 Å². The second-order valence-corrected chi connectivity index (χ2v) is 6.41. The summed E-state index contributed by atoms with van der Waals surface area (Å²) in [7, 11) is 0. The van der Waals surface area contributed by atoms with Crippen LogP contribution in [0.25, 0.3) is 0 Å². The van der Waals surface area contributed by atoms with E-state index in [2.05, 4.69) is 36.2 Å². The molecule has 1 amide bonds. The number of carbonyl (C=O) groups excluding carboxylic acids is 1. The highest BCUT2D eigenvalue weighted by atomic mass is 16.2. The fraction of sp³-hybridized carbons (Fsp3) is 0.611. The van der Waals surface area contributed by atoms with Crippen LogP contribution in [0.4, 0.5) is 0 Å². The molecule has 1 N–H and O–H groups in total. The summed E-state index contributed by atoms with van der Waals surface area (Å²) in [4.78, 5) is 15.1. The van der Waals surface area contributed by atoms with E-state index in [0.717, 1.165) is 24.3 Å². The van der Waals surface area contributed by atoms with Gasteiger partial charge in [0.1, 0.15) is 6.04 Å². The van der Waals surface area contributed by atoms with Gasteiger partial charge >= 0.3 is 0 Å². The molecule has 2 fully saturated rings. The summed E-state index contributed by atoms with van der Waals surface area (Å²) < 4.78 is 0. The van der Waals surface area contributed by atoms with Crippen LogP contribution < -0.4 is 5.32 Å². The summed E-state index contributed by atoms with van der Waals surface area (Å²) in [5, 5.41) is 3.57. The maximum Gasteiger partial charge on any atom is 0.245 e. The van der Waals surface area contributed by atoms with Crippen molar-refractivity contribution >= 4 is 5.91 Å². The molecule has 3 heteroatoms. The van der Waals surface area contributed by atoms with Crippen molar-refractivity contribution in [2.24, 2.45) is 5.92 Å². The van der Waals surface area contributed by atoms with Crippen LogP contribution in [0.3, 0.4) is 0 Å². The van der Waals surface area contributed by atoms with Crippen LogP contribution in [-0.4, -0.2) is 23.0 Å². The lowest BCUT2D eigenvalue weighted by Crippen LogP contribution is -2.39. The zero-order valence-electron chi connectivity index (χ0n) is 13.1. The van der Waals surface area contributed by atoms with Crippen molar-refractivity contribution in [3.8, 4) is 0 Å². The summed E-state index contributed by atoms with van der Waals surface area (Å²) in [6.45, 7) is 4.42. The molecule has 2 aliphatic rings. The predicted molar refractivity (Wildman–Crippen MR) is 84.7 cm³/mol. The molecule has 1 saturated carbocycles. The van der Waals surface area contributed by atoms with Gasteiger partial charge in [0.2, 0.25) is 5.91 Å². The van der Waals surface area contributed by atoms with Gasteiger partial charge in [-0.1, -0.05) is 57.0 Å². The van der Waals surface area contributed by atoms with Crippen molar-refractivity contribution in [1.29, 1.82) is 0 Å². The smallest absolute Gasteiger partial charge is 0.245 e. The van der Waals surface area contributed by atoms with Crippen molar-refractivity contribution in [2.45, 2.75) is 64.2 Å². The number of benzene rings is 1. The third kappa shape index (κ3) is 2.84. The van der Waals surface area contributed by atoms with E-state index in [0.29, 0.717) is 6.04 Å². The van der Waals surface area contributed by atoms with Gasteiger partial charge in [-0.3, -0.25) is 10.1 Å². The number of rotatable bonds is 6. The van der Waals surface area contributed by atoms with E-state index in [1.807, 2.05) is 18.2 Å². The Morgan fingerprint density at radius 1 is 1.14 bits per heavy atom. The fourth-order valence-corrected chi connectivity index (χ4v) is 3.67. The maximum absolute atomic E-state index is 12.9. The van der Waals surface area contributed by atoms with Gasteiger partial charge in [-0.2, -0.15) is 0 Å². The third-order valence-corrected chi connectivity index (χ3v) is 4.79. The first kappa shape index (κ1) is 14.6. The van der Waals surface area contributed by atoms with Gasteiger partial charge in [0.15, 0.2) is 0 Å². The van der Waals surface area contributed by atoms with Crippen molar-refractivity contribution < 1.29 is 4.79 Å². The van der Waals surface area contributed by atoms with Crippen molar-refractivity contribution in [3.05, 3.63) is 35.9 Å². The Morgan fingerprint density at radius 2 is 1.86 bits per heavy atom. The van der Waals surface area contributed by atoms with E-state index in [1.54, 1.807) is 0 Å². The van der Waals surface area contributed by atoms with E-state index < -0.39 is 0 Å². The summed E-state index contributed by atoms with van der Waals surface area (Å²) in [6.07, 6.45) is 6.04. The topological polar surface area (TPSA) is 32.3 Å². The van der Waals surface area contributed by atoms with Crippen LogP contribution in [0, 0.1) is 5.92 Å². The maximum atomic E-state index is 12.9. The monoisotopic (exact) mass is 286 g/mol. The highest BCUT2D eigenvalue weighted by Crippen LogP contribution is 2.43. The highest BCUT2D eigenvalue weighted by Gasteiger charge is 2.50. The Balaban J connectivity index is 1.77. The van der Waals surface area contributed by atoms with Gasteiger partial charge in [0, 0.05) is 6.04 Å².